The van der Waals surface area contributed by atoms with E-state index in [4.69, 9.17) is 4.74 Å². The SMILES string of the molecule is O=c1[nH]c(NCC2CCC3(CCNCC3)CO2)nc2ccccc12. The maximum absolute atomic E-state index is 12.1. The van der Waals surface area contributed by atoms with Gasteiger partial charge in [0.2, 0.25) is 5.95 Å². The first-order chi connectivity index (χ1) is 11.7. The molecule has 1 spiro atoms. The van der Waals surface area contributed by atoms with Gasteiger partial charge in [-0.3, -0.25) is 9.78 Å². The van der Waals surface area contributed by atoms with Gasteiger partial charge in [0.25, 0.3) is 5.56 Å². The number of nitrogens with one attached hydrogen (secondary N) is 3. The third kappa shape index (κ3) is 3.16. The first-order valence-electron chi connectivity index (χ1n) is 8.79. The van der Waals surface area contributed by atoms with Gasteiger partial charge in [-0.15, -0.1) is 0 Å². The number of para-hydroxylation sites is 1. The molecule has 2 aliphatic rings. The standard InChI is InChI=1S/C18H24N4O2/c23-16-14-3-1-2-4-15(14)21-17(22-16)20-11-13-5-6-18(12-24-13)7-9-19-10-8-18/h1-4,13,19H,5-12H2,(H2,20,21,22,23). The van der Waals surface area contributed by atoms with Crippen molar-refractivity contribution < 1.29 is 4.74 Å². The minimum absolute atomic E-state index is 0.110. The van der Waals surface area contributed by atoms with Crippen LogP contribution in [0.2, 0.25) is 0 Å². The molecule has 0 aliphatic carbocycles. The highest BCUT2D eigenvalue weighted by molar-refractivity contribution is 5.78. The Morgan fingerprint density at radius 3 is 2.88 bits per heavy atom. The van der Waals surface area contributed by atoms with Crippen LogP contribution in [0, 0.1) is 5.41 Å². The largest absolute Gasteiger partial charge is 0.376 e. The molecule has 0 amide bonds. The Balaban J connectivity index is 1.37. The van der Waals surface area contributed by atoms with E-state index in [1.807, 2.05) is 18.2 Å². The van der Waals surface area contributed by atoms with Crippen molar-refractivity contribution in [1.29, 1.82) is 0 Å². The zero-order valence-electron chi connectivity index (χ0n) is 13.8. The molecule has 2 fully saturated rings. The Labute approximate surface area is 141 Å². The molecular weight excluding hydrogens is 304 g/mol. The Hall–Kier alpha value is -1.92. The van der Waals surface area contributed by atoms with E-state index in [1.165, 1.54) is 19.3 Å². The summed E-state index contributed by atoms with van der Waals surface area (Å²) in [6, 6.07) is 7.38. The molecule has 3 heterocycles. The summed E-state index contributed by atoms with van der Waals surface area (Å²) in [5.41, 5.74) is 0.986. The quantitative estimate of drug-likeness (QED) is 0.802. The zero-order chi connectivity index (χ0) is 16.4. The number of hydrogen-bond acceptors (Lipinski definition) is 5. The molecule has 24 heavy (non-hydrogen) atoms. The molecule has 0 bridgehead atoms. The number of H-pyrrole nitrogens is 1. The van der Waals surface area contributed by atoms with E-state index >= 15 is 0 Å². The van der Waals surface area contributed by atoms with Crippen LogP contribution in [0.15, 0.2) is 29.1 Å². The molecule has 2 aliphatic heterocycles. The monoisotopic (exact) mass is 328 g/mol. The smallest absolute Gasteiger partial charge is 0.260 e. The molecule has 6 heteroatoms. The van der Waals surface area contributed by atoms with Crippen LogP contribution in [-0.2, 0) is 4.74 Å². The fraction of sp³-hybridized carbons (Fsp3) is 0.556. The first-order valence-corrected chi connectivity index (χ1v) is 8.79. The number of anilines is 1. The van der Waals surface area contributed by atoms with Gasteiger partial charge in [-0.05, 0) is 56.3 Å². The van der Waals surface area contributed by atoms with E-state index in [9.17, 15) is 4.79 Å². The third-order valence-electron chi connectivity index (χ3n) is 5.40. The van der Waals surface area contributed by atoms with Crippen molar-refractivity contribution in [1.82, 2.24) is 15.3 Å². The van der Waals surface area contributed by atoms with Gasteiger partial charge >= 0.3 is 0 Å². The summed E-state index contributed by atoms with van der Waals surface area (Å²) in [5, 5.41) is 7.27. The summed E-state index contributed by atoms with van der Waals surface area (Å²) < 4.78 is 6.10. The van der Waals surface area contributed by atoms with Crippen molar-refractivity contribution in [2.75, 3.05) is 31.6 Å². The van der Waals surface area contributed by atoms with Crippen molar-refractivity contribution in [3.8, 4) is 0 Å². The Bertz CT molecular complexity index is 757. The Morgan fingerprint density at radius 2 is 2.08 bits per heavy atom. The molecule has 6 nitrogen and oxygen atoms in total. The number of fused-ring (bicyclic) bond motifs is 1. The van der Waals surface area contributed by atoms with Crippen LogP contribution in [-0.4, -0.2) is 42.3 Å². The van der Waals surface area contributed by atoms with Gasteiger partial charge in [0, 0.05) is 6.54 Å². The third-order valence-corrected chi connectivity index (χ3v) is 5.40. The highest BCUT2D eigenvalue weighted by atomic mass is 16.5. The van der Waals surface area contributed by atoms with Crippen LogP contribution < -0.4 is 16.2 Å². The summed E-state index contributed by atoms with van der Waals surface area (Å²) in [6.45, 7) is 3.74. The number of piperidine rings is 1. The molecule has 4 rings (SSSR count). The molecule has 128 valence electrons. The minimum Gasteiger partial charge on any atom is -0.376 e. The van der Waals surface area contributed by atoms with Crippen LogP contribution in [0.25, 0.3) is 10.9 Å². The van der Waals surface area contributed by atoms with Gasteiger partial charge in [-0.2, -0.15) is 0 Å². The average molecular weight is 328 g/mol. The fourth-order valence-electron chi connectivity index (χ4n) is 3.81. The second-order valence-electron chi connectivity index (χ2n) is 7.03. The number of aromatic amines is 1. The van der Waals surface area contributed by atoms with E-state index in [-0.39, 0.29) is 11.7 Å². The predicted octanol–water partition coefficient (Wildman–Crippen LogP) is 1.88. The molecule has 1 aromatic heterocycles. The lowest BCUT2D eigenvalue weighted by atomic mass is 9.74. The van der Waals surface area contributed by atoms with Crippen molar-refractivity contribution in [2.24, 2.45) is 5.41 Å². The predicted molar refractivity (Wildman–Crippen MR) is 94.4 cm³/mol. The highest BCUT2D eigenvalue weighted by Crippen LogP contribution is 2.38. The fourth-order valence-corrected chi connectivity index (χ4v) is 3.81. The number of ether oxygens (including phenoxy) is 1. The van der Waals surface area contributed by atoms with E-state index in [2.05, 4.69) is 20.6 Å². The minimum atomic E-state index is -0.110. The van der Waals surface area contributed by atoms with Crippen molar-refractivity contribution in [3.63, 3.8) is 0 Å². The Morgan fingerprint density at radius 1 is 1.25 bits per heavy atom. The number of benzene rings is 1. The topological polar surface area (TPSA) is 79.0 Å². The number of rotatable bonds is 3. The van der Waals surface area contributed by atoms with Gasteiger partial charge in [-0.1, -0.05) is 12.1 Å². The van der Waals surface area contributed by atoms with E-state index in [0.717, 1.165) is 26.1 Å². The summed E-state index contributed by atoms with van der Waals surface area (Å²) in [7, 11) is 0. The van der Waals surface area contributed by atoms with Gasteiger partial charge in [0.15, 0.2) is 0 Å². The van der Waals surface area contributed by atoms with Crippen LogP contribution in [0.5, 0.6) is 0 Å². The first kappa shape index (κ1) is 15.6. The van der Waals surface area contributed by atoms with Crippen LogP contribution in [0.4, 0.5) is 5.95 Å². The molecule has 1 aromatic carbocycles. The lowest BCUT2D eigenvalue weighted by Crippen LogP contribution is -2.45. The molecule has 2 saturated heterocycles. The molecule has 3 N–H and O–H groups in total. The van der Waals surface area contributed by atoms with Crippen LogP contribution >= 0.6 is 0 Å². The van der Waals surface area contributed by atoms with Gasteiger partial charge in [0.1, 0.15) is 0 Å². The van der Waals surface area contributed by atoms with E-state index in [0.29, 0.717) is 28.8 Å². The molecule has 0 saturated carbocycles. The maximum Gasteiger partial charge on any atom is 0.260 e. The lowest BCUT2D eigenvalue weighted by Gasteiger charge is -2.43. The van der Waals surface area contributed by atoms with Gasteiger partial charge in [-0.25, -0.2) is 4.98 Å². The number of hydrogen-bond donors (Lipinski definition) is 3. The van der Waals surface area contributed by atoms with E-state index in [1.54, 1.807) is 6.07 Å². The van der Waals surface area contributed by atoms with Crippen molar-refractivity contribution in [2.45, 2.75) is 31.8 Å². The second-order valence-corrected chi connectivity index (χ2v) is 7.03. The Kier molecular flexibility index (Phi) is 4.24. The maximum atomic E-state index is 12.1. The summed E-state index contributed by atoms with van der Waals surface area (Å²) >= 11 is 0. The zero-order valence-corrected chi connectivity index (χ0v) is 13.8. The lowest BCUT2D eigenvalue weighted by molar-refractivity contribution is -0.0685. The molecule has 1 atom stereocenters. The highest BCUT2D eigenvalue weighted by Gasteiger charge is 2.36. The summed E-state index contributed by atoms with van der Waals surface area (Å²) in [4.78, 5) is 19.4. The van der Waals surface area contributed by atoms with Gasteiger partial charge < -0.3 is 15.4 Å². The molecule has 1 unspecified atom stereocenters. The van der Waals surface area contributed by atoms with Crippen LogP contribution in [0.3, 0.4) is 0 Å². The molecule has 0 radical (unpaired) electrons. The van der Waals surface area contributed by atoms with Gasteiger partial charge in [0.05, 0.1) is 23.6 Å². The van der Waals surface area contributed by atoms with Crippen molar-refractivity contribution in [3.05, 3.63) is 34.6 Å². The average Bonchev–Trinajstić information content (AvgIpc) is 2.62. The van der Waals surface area contributed by atoms with Crippen molar-refractivity contribution >= 4 is 16.9 Å². The number of aromatic nitrogens is 2. The normalized spacial score (nSPS) is 23.4. The van der Waals surface area contributed by atoms with E-state index < -0.39 is 0 Å². The molecule has 2 aromatic rings. The second kappa shape index (κ2) is 6.53. The van der Waals surface area contributed by atoms with Crippen LogP contribution in [0.1, 0.15) is 25.7 Å². The number of nitrogens with zero attached hydrogens (tertiary/aromatic N) is 1. The summed E-state index contributed by atoms with van der Waals surface area (Å²) in [5.74, 6) is 0.518. The molecular formula is C18H24N4O2. The summed E-state index contributed by atoms with van der Waals surface area (Å²) in [6.07, 6.45) is 4.90.